The van der Waals surface area contributed by atoms with Crippen molar-refractivity contribution in [3.8, 4) is 5.75 Å². The van der Waals surface area contributed by atoms with Gasteiger partial charge in [0.2, 0.25) is 6.93 Å². The molecule has 0 aromatic heterocycles. The number of alkyl halides is 2. The maximum atomic E-state index is 11.5. The Balaban J connectivity index is 0. The average Bonchev–Trinajstić information content (AvgIpc) is 2.48. The van der Waals surface area contributed by atoms with Gasteiger partial charge in [-0.3, -0.25) is 14.6 Å². The van der Waals surface area contributed by atoms with Gasteiger partial charge in [-0.25, -0.2) is 18.1 Å². The van der Waals surface area contributed by atoms with Crippen LogP contribution in [0.15, 0.2) is 24.3 Å². The summed E-state index contributed by atoms with van der Waals surface area (Å²) in [6.45, 7) is -0.129. The van der Waals surface area contributed by atoms with Crippen LogP contribution in [-0.4, -0.2) is 45.5 Å². The van der Waals surface area contributed by atoms with E-state index in [1.807, 2.05) is 0 Å². The van der Waals surface area contributed by atoms with Crippen LogP contribution in [0.5, 0.6) is 5.75 Å². The number of phosphoric acid groups is 1. The molecule has 0 bridgehead atoms. The summed E-state index contributed by atoms with van der Waals surface area (Å²) in [6, 6.07) is 6.18. The molecule has 0 heterocycles. The molecule has 26 heavy (non-hydrogen) atoms. The number of phosphoric ester groups is 1. The Morgan fingerprint density at radius 2 is 1.62 bits per heavy atom. The smallest absolute Gasteiger partial charge is 0.456 e. The molecule has 0 amide bonds. The van der Waals surface area contributed by atoms with Gasteiger partial charge in [0.25, 0.3) is 0 Å². The predicted molar refractivity (Wildman–Crippen MR) is 84.9 cm³/mol. The highest BCUT2D eigenvalue weighted by Crippen LogP contribution is 2.37. The quantitative estimate of drug-likeness (QED) is 0.402. The second kappa shape index (κ2) is 14.3. The summed E-state index contributed by atoms with van der Waals surface area (Å²) < 4.78 is 44.2. The van der Waals surface area contributed by atoms with Crippen LogP contribution >= 0.6 is 7.82 Å². The van der Waals surface area contributed by atoms with Crippen molar-refractivity contribution in [2.75, 3.05) is 13.5 Å². The first kappa shape index (κ1) is 26.3. The maximum absolute atomic E-state index is 11.5. The van der Waals surface area contributed by atoms with Crippen LogP contribution in [0, 0.1) is 5.92 Å². The van der Waals surface area contributed by atoms with Crippen LogP contribution < -0.4 is 4.52 Å². The number of aliphatic hydroxyl groups excluding tert-OH is 1. The SMILES string of the molecule is CC(Cc1ccc(OP(=O)(O)O)cc1)C(=O)CCO.FCF.O=C(O)F. The fourth-order valence-electron chi connectivity index (χ4n) is 1.65. The molecule has 0 fully saturated rings. The van der Waals surface area contributed by atoms with Crippen molar-refractivity contribution in [3.05, 3.63) is 29.8 Å². The fraction of sp³-hybridized carbons (Fsp3) is 0.429. The van der Waals surface area contributed by atoms with E-state index in [-0.39, 0.29) is 30.5 Å². The van der Waals surface area contributed by atoms with Gasteiger partial charge in [-0.15, -0.1) is 4.39 Å². The van der Waals surface area contributed by atoms with E-state index in [9.17, 15) is 22.5 Å². The standard InChI is InChI=1S/C12H17O6P.CH2F2.CHFO2/c1-9(12(14)6-7-13)8-10-2-4-11(5-3-10)18-19(15,16)17;2-1-3;2-1(3)4/h2-5,9,13H,6-8H2,1H3,(H2,15,16,17);1H2;(H,3,4). The highest BCUT2D eigenvalue weighted by Gasteiger charge is 2.16. The van der Waals surface area contributed by atoms with E-state index in [0.717, 1.165) is 5.56 Å². The Morgan fingerprint density at radius 1 is 1.19 bits per heavy atom. The number of hydrogen-bond acceptors (Lipinski definition) is 5. The Morgan fingerprint density at radius 3 is 1.96 bits per heavy atom. The number of ketones is 1. The van der Waals surface area contributed by atoms with Gasteiger partial charge in [0.1, 0.15) is 11.5 Å². The van der Waals surface area contributed by atoms with Gasteiger partial charge in [-0.05, 0) is 24.1 Å². The Bertz CT molecular complexity index is 572. The number of carbonyl (C=O) groups is 2. The zero-order valence-corrected chi connectivity index (χ0v) is 14.6. The molecular formula is C14H20F3O8P. The molecule has 1 rings (SSSR count). The zero-order chi connectivity index (χ0) is 20.8. The van der Waals surface area contributed by atoms with E-state index in [1.54, 1.807) is 19.1 Å². The lowest BCUT2D eigenvalue weighted by atomic mass is 9.95. The van der Waals surface area contributed by atoms with Gasteiger partial charge >= 0.3 is 14.0 Å². The molecule has 0 saturated carbocycles. The van der Waals surface area contributed by atoms with E-state index in [4.69, 9.17) is 24.8 Å². The molecule has 1 aromatic carbocycles. The minimum absolute atomic E-state index is 0.0157. The van der Waals surface area contributed by atoms with E-state index >= 15 is 0 Å². The molecule has 8 nitrogen and oxygen atoms in total. The molecule has 1 aromatic rings. The second-order valence-electron chi connectivity index (χ2n) is 4.62. The summed E-state index contributed by atoms with van der Waals surface area (Å²) in [7, 11) is -4.54. The van der Waals surface area contributed by atoms with Gasteiger partial charge in [0.05, 0.1) is 0 Å². The molecule has 0 spiro atoms. The topological polar surface area (TPSA) is 141 Å². The molecule has 1 unspecified atom stereocenters. The normalized spacial score (nSPS) is 11.2. The molecule has 0 aliphatic carbocycles. The lowest BCUT2D eigenvalue weighted by molar-refractivity contribution is -0.123. The van der Waals surface area contributed by atoms with Crippen LogP contribution in [0.4, 0.5) is 18.0 Å². The summed E-state index contributed by atoms with van der Waals surface area (Å²) in [4.78, 5) is 37.1. The summed E-state index contributed by atoms with van der Waals surface area (Å²) in [5, 5.41) is 15.4. The largest absolute Gasteiger partial charge is 0.524 e. The second-order valence-corrected chi connectivity index (χ2v) is 5.79. The van der Waals surface area contributed by atoms with Crippen LogP contribution in [0.3, 0.4) is 0 Å². The van der Waals surface area contributed by atoms with E-state index in [2.05, 4.69) is 4.52 Å². The van der Waals surface area contributed by atoms with Crippen LogP contribution in [-0.2, 0) is 15.8 Å². The lowest BCUT2D eigenvalue weighted by Gasteiger charge is -2.11. The number of Topliss-reactive ketones (excluding diaryl/α,β-unsaturated/α-hetero) is 1. The van der Waals surface area contributed by atoms with Crippen LogP contribution in [0.2, 0.25) is 0 Å². The molecule has 0 aliphatic rings. The van der Waals surface area contributed by atoms with Crippen molar-refractivity contribution < 1.29 is 51.8 Å². The number of carbonyl (C=O) groups excluding carboxylic acids is 1. The van der Waals surface area contributed by atoms with Crippen LogP contribution in [0.1, 0.15) is 18.9 Å². The van der Waals surface area contributed by atoms with Gasteiger partial charge in [0.15, 0.2) is 0 Å². The summed E-state index contributed by atoms with van der Waals surface area (Å²) in [5.41, 5.74) is 0.858. The average molecular weight is 404 g/mol. The first-order valence-electron chi connectivity index (χ1n) is 6.94. The lowest BCUT2D eigenvalue weighted by Crippen LogP contribution is -2.14. The third-order valence-corrected chi connectivity index (χ3v) is 3.05. The number of hydrogen-bond donors (Lipinski definition) is 4. The first-order valence-corrected chi connectivity index (χ1v) is 8.47. The molecule has 1 atom stereocenters. The number of benzene rings is 1. The van der Waals surface area contributed by atoms with E-state index in [1.165, 1.54) is 12.1 Å². The van der Waals surface area contributed by atoms with Crippen molar-refractivity contribution >= 4 is 19.8 Å². The van der Waals surface area contributed by atoms with Gasteiger partial charge in [0, 0.05) is 18.9 Å². The van der Waals surface area contributed by atoms with Gasteiger partial charge in [-0.2, -0.15) is 0 Å². The minimum atomic E-state index is -4.54. The monoisotopic (exact) mass is 404 g/mol. The Kier molecular flexibility index (Phi) is 14.4. The molecule has 0 saturated heterocycles. The van der Waals surface area contributed by atoms with E-state index < -0.39 is 21.0 Å². The Hall–Kier alpha value is -1.94. The summed E-state index contributed by atoms with van der Waals surface area (Å²) >= 11 is 0. The molecule has 4 N–H and O–H groups in total. The maximum Gasteiger partial charge on any atom is 0.524 e. The third-order valence-electron chi connectivity index (χ3n) is 2.60. The number of aliphatic hydroxyl groups is 1. The summed E-state index contributed by atoms with van der Waals surface area (Å²) in [5.74, 6) is -0.148. The Labute approximate surface area is 147 Å². The highest BCUT2D eigenvalue weighted by atomic mass is 31.2. The highest BCUT2D eigenvalue weighted by molar-refractivity contribution is 7.46. The third kappa shape index (κ3) is 16.9. The molecule has 0 aliphatic heterocycles. The van der Waals surface area contributed by atoms with Crippen molar-refractivity contribution in [2.24, 2.45) is 5.92 Å². The molecular weight excluding hydrogens is 384 g/mol. The first-order chi connectivity index (χ1) is 12.0. The number of halogens is 3. The predicted octanol–water partition coefficient (Wildman–Crippen LogP) is 2.81. The van der Waals surface area contributed by atoms with Crippen LogP contribution in [0.25, 0.3) is 0 Å². The van der Waals surface area contributed by atoms with Gasteiger partial charge in [-0.1, -0.05) is 19.1 Å². The molecule has 12 heteroatoms. The fourth-order valence-corrected chi connectivity index (χ4v) is 2.04. The number of carboxylic acid groups (broad SMARTS) is 1. The van der Waals surface area contributed by atoms with Crippen molar-refractivity contribution in [3.63, 3.8) is 0 Å². The minimum Gasteiger partial charge on any atom is -0.456 e. The number of rotatable bonds is 7. The molecule has 0 radical (unpaired) electrons. The van der Waals surface area contributed by atoms with Crippen molar-refractivity contribution in [1.82, 2.24) is 0 Å². The zero-order valence-electron chi connectivity index (χ0n) is 13.7. The summed E-state index contributed by atoms with van der Waals surface area (Å²) in [6.07, 6.45) is -1.68. The van der Waals surface area contributed by atoms with Gasteiger partial charge < -0.3 is 14.7 Å². The van der Waals surface area contributed by atoms with E-state index in [0.29, 0.717) is 6.42 Å². The van der Waals surface area contributed by atoms with Crippen molar-refractivity contribution in [1.29, 1.82) is 0 Å². The molecule has 150 valence electrons. The van der Waals surface area contributed by atoms with Crippen molar-refractivity contribution in [2.45, 2.75) is 19.8 Å².